The van der Waals surface area contributed by atoms with Crippen LogP contribution in [0.15, 0.2) is 16.9 Å². The van der Waals surface area contributed by atoms with Crippen molar-refractivity contribution in [3.8, 4) is 0 Å². The average molecular weight is 517 g/mol. The van der Waals surface area contributed by atoms with Gasteiger partial charge in [-0.05, 0) is 31.6 Å². The van der Waals surface area contributed by atoms with Crippen LogP contribution in [0.25, 0.3) is 6.08 Å². The van der Waals surface area contributed by atoms with E-state index in [-0.39, 0.29) is 17.6 Å². The number of nitrogens with zero attached hydrogens (tertiary/aromatic N) is 5. The second kappa shape index (κ2) is 11.1. The van der Waals surface area contributed by atoms with Gasteiger partial charge in [-0.2, -0.15) is 4.31 Å². The van der Waals surface area contributed by atoms with Crippen LogP contribution in [-0.4, -0.2) is 65.7 Å². The van der Waals surface area contributed by atoms with Gasteiger partial charge in [-0.15, -0.1) is 0 Å². The van der Waals surface area contributed by atoms with Crippen molar-refractivity contribution in [2.24, 2.45) is 5.92 Å². The molecule has 1 amide bonds. The number of aromatic nitrogens is 3. The molecule has 2 aromatic heterocycles. The molecule has 0 radical (unpaired) electrons. The summed E-state index contributed by atoms with van der Waals surface area (Å²) < 4.78 is 31.0. The minimum absolute atomic E-state index is 0.0788. The Morgan fingerprint density at radius 2 is 2.11 bits per heavy atom. The molecule has 0 bridgehead atoms. The third-order valence-corrected chi connectivity index (χ3v) is 8.11. The van der Waals surface area contributed by atoms with Gasteiger partial charge in [-0.25, -0.2) is 18.4 Å². The molecule has 10 nitrogen and oxygen atoms in total. The standard InChI is InChI=1S/C25H36N6O4S/c1-5-21-19(9-8-17(2)3)24(28-16-27-21)30-14-11-22-20(15-30)23(29-35-22)25(32)26-12-10-18-7-6-13-31(18)36(4,33)34/h8-9,16-18H,5-7,10-15H2,1-4H3,(H,26,32)/b9-8-. The Kier molecular flexibility index (Phi) is 8.09. The fourth-order valence-electron chi connectivity index (χ4n) is 4.95. The number of carbonyl (C=O) groups is 1. The molecular weight excluding hydrogens is 480 g/mol. The summed E-state index contributed by atoms with van der Waals surface area (Å²) in [5, 5.41) is 6.99. The molecule has 1 N–H and O–H groups in total. The van der Waals surface area contributed by atoms with Gasteiger partial charge in [-0.3, -0.25) is 4.79 Å². The minimum Gasteiger partial charge on any atom is -0.360 e. The monoisotopic (exact) mass is 516 g/mol. The number of amides is 1. The second-order valence-corrected chi connectivity index (χ2v) is 11.8. The maximum Gasteiger partial charge on any atom is 0.273 e. The highest BCUT2D eigenvalue weighted by molar-refractivity contribution is 7.88. The molecule has 0 aromatic carbocycles. The number of fused-ring (bicyclic) bond motifs is 1. The molecule has 0 aliphatic carbocycles. The highest BCUT2D eigenvalue weighted by Gasteiger charge is 2.32. The summed E-state index contributed by atoms with van der Waals surface area (Å²) in [7, 11) is -3.24. The molecule has 4 heterocycles. The van der Waals surface area contributed by atoms with E-state index in [9.17, 15) is 13.2 Å². The number of carbonyl (C=O) groups excluding carboxylic acids is 1. The van der Waals surface area contributed by atoms with Crippen LogP contribution in [0.4, 0.5) is 5.82 Å². The third kappa shape index (κ3) is 5.78. The van der Waals surface area contributed by atoms with Crippen LogP contribution >= 0.6 is 0 Å². The zero-order valence-electron chi connectivity index (χ0n) is 21.5. The molecule has 196 valence electrons. The molecule has 2 aliphatic rings. The smallest absolute Gasteiger partial charge is 0.273 e. The van der Waals surface area contributed by atoms with Gasteiger partial charge in [0.15, 0.2) is 5.69 Å². The van der Waals surface area contributed by atoms with Gasteiger partial charge in [0.05, 0.1) is 18.5 Å². The molecule has 1 saturated heterocycles. The van der Waals surface area contributed by atoms with Crippen molar-refractivity contribution in [1.82, 2.24) is 24.7 Å². The first-order valence-corrected chi connectivity index (χ1v) is 14.5. The van der Waals surface area contributed by atoms with Gasteiger partial charge in [0, 0.05) is 43.2 Å². The number of anilines is 1. The minimum atomic E-state index is -3.24. The first-order chi connectivity index (χ1) is 17.2. The van der Waals surface area contributed by atoms with Gasteiger partial charge in [0.1, 0.15) is 17.9 Å². The molecule has 36 heavy (non-hydrogen) atoms. The van der Waals surface area contributed by atoms with Crippen molar-refractivity contribution in [2.45, 2.75) is 65.5 Å². The van der Waals surface area contributed by atoms with E-state index >= 15 is 0 Å². The zero-order chi connectivity index (χ0) is 25.9. The second-order valence-electron chi connectivity index (χ2n) is 9.83. The van der Waals surface area contributed by atoms with E-state index in [1.807, 2.05) is 0 Å². The molecule has 1 fully saturated rings. The normalized spacial score (nSPS) is 18.8. The van der Waals surface area contributed by atoms with E-state index in [2.05, 4.69) is 58.3 Å². The summed E-state index contributed by atoms with van der Waals surface area (Å²) in [5.74, 6) is 1.67. The topological polar surface area (TPSA) is 122 Å². The lowest BCUT2D eigenvalue weighted by Crippen LogP contribution is -2.38. The summed E-state index contributed by atoms with van der Waals surface area (Å²) in [6, 6.07) is -0.0788. The van der Waals surface area contributed by atoms with E-state index in [0.717, 1.165) is 47.7 Å². The molecule has 2 aliphatic heterocycles. The first-order valence-electron chi connectivity index (χ1n) is 12.7. The van der Waals surface area contributed by atoms with Crippen LogP contribution in [0, 0.1) is 5.92 Å². The average Bonchev–Trinajstić information content (AvgIpc) is 3.49. The van der Waals surface area contributed by atoms with Gasteiger partial charge in [0.2, 0.25) is 10.0 Å². The molecule has 4 rings (SSSR count). The van der Waals surface area contributed by atoms with Gasteiger partial charge < -0.3 is 14.7 Å². The lowest BCUT2D eigenvalue weighted by molar-refractivity contribution is 0.0941. The molecule has 0 spiro atoms. The van der Waals surface area contributed by atoms with Crippen molar-refractivity contribution in [2.75, 3.05) is 30.8 Å². The maximum atomic E-state index is 13.0. The molecule has 2 aromatic rings. The van der Waals surface area contributed by atoms with E-state index in [4.69, 9.17) is 4.52 Å². The first kappa shape index (κ1) is 26.3. The number of sulfonamides is 1. The van der Waals surface area contributed by atoms with E-state index in [1.165, 1.54) is 10.6 Å². The lowest BCUT2D eigenvalue weighted by atomic mass is 10.0. The van der Waals surface area contributed by atoms with Gasteiger partial charge in [-0.1, -0.05) is 38.1 Å². The Hall–Kier alpha value is -2.79. The SMILES string of the molecule is CCc1ncnc(N2CCc3onc(C(=O)NCCC4CCCN4S(C)(=O)=O)c3C2)c1/C=C\C(C)C. The Morgan fingerprint density at radius 1 is 1.31 bits per heavy atom. The third-order valence-electron chi connectivity index (χ3n) is 6.78. The predicted molar refractivity (Wildman–Crippen MR) is 138 cm³/mol. The van der Waals surface area contributed by atoms with Crippen LogP contribution in [0.2, 0.25) is 0 Å². The number of hydrogen-bond donors (Lipinski definition) is 1. The molecule has 11 heteroatoms. The largest absolute Gasteiger partial charge is 0.360 e. The highest BCUT2D eigenvalue weighted by Crippen LogP contribution is 2.30. The van der Waals surface area contributed by atoms with Crippen LogP contribution in [0.5, 0.6) is 0 Å². The van der Waals surface area contributed by atoms with E-state index in [0.29, 0.717) is 44.9 Å². The van der Waals surface area contributed by atoms with Crippen molar-refractivity contribution >= 4 is 27.8 Å². The molecular formula is C25H36N6O4S. The number of rotatable bonds is 9. The van der Waals surface area contributed by atoms with Crippen molar-refractivity contribution in [3.05, 3.63) is 40.7 Å². The van der Waals surface area contributed by atoms with Crippen molar-refractivity contribution < 1.29 is 17.7 Å². The fraction of sp³-hybridized carbons (Fsp3) is 0.600. The summed E-state index contributed by atoms with van der Waals surface area (Å²) in [5.41, 5.74) is 3.05. The number of hydrogen-bond acceptors (Lipinski definition) is 8. The van der Waals surface area contributed by atoms with Crippen LogP contribution in [-0.2, 0) is 29.4 Å². The Bertz CT molecular complexity index is 1220. The lowest BCUT2D eigenvalue weighted by Gasteiger charge is -2.29. The van der Waals surface area contributed by atoms with Crippen molar-refractivity contribution in [1.29, 1.82) is 0 Å². The van der Waals surface area contributed by atoms with Gasteiger partial charge in [0.25, 0.3) is 5.91 Å². The molecule has 1 unspecified atom stereocenters. The number of aryl methyl sites for hydroxylation is 1. The summed E-state index contributed by atoms with van der Waals surface area (Å²) in [6.45, 7) is 8.43. The van der Waals surface area contributed by atoms with E-state index in [1.54, 1.807) is 6.33 Å². The quantitative estimate of drug-likeness (QED) is 0.540. The van der Waals surface area contributed by atoms with E-state index < -0.39 is 10.0 Å². The Labute approximate surface area is 213 Å². The number of nitrogens with one attached hydrogen (secondary N) is 1. The maximum absolute atomic E-state index is 13.0. The van der Waals surface area contributed by atoms with Gasteiger partial charge >= 0.3 is 0 Å². The Balaban J connectivity index is 1.47. The highest BCUT2D eigenvalue weighted by atomic mass is 32.2. The number of allylic oxidation sites excluding steroid dienone is 1. The molecule has 1 atom stereocenters. The summed E-state index contributed by atoms with van der Waals surface area (Å²) in [4.78, 5) is 24.2. The summed E-state index contributed by atoms with van der Waals surface area (Å²) >= 11 is 0. The van der Waals surface area contributed by atoms with Crippen LogP contribution in [0.1, 0.15) is 73.1 Å². The fourth-order valence-corrected chi connectivity index (χ4v) is 6.17. The summed E-state index contributed by atoms with van der Waals surface area (Å²) in [6.07, 6.45) is 10.7. The van der Waals surface area contributed by atoms with Crippen LogP contribution < -0.4 is 10.2 Å². The molecule has 0 saturated carbocycles. The van der Waals surface area contributed by atoms with Crippen LogP contribution in [0.3, 0.4) is 0 Å². The zero-order valence-corrected chi connectivity index (χ0v) is 22.3. The predicted octanol–water partition coefficient (Wildman–Crippen LogP) is 2.80. The Morgan fingerprint density at radius 3 is 2.83 bits per heavy atom. The van der Waals surface area contributed by atoms with Crippen molar-refractivity contribution in [3.63, 3.8) is 0 Å².